The van der Waals surface area contributed by atoms with Crippen LogP contribution in [0.4, 0.5) is 5.69 Å². The summed E-state index contributed by atoms with van der Waals surface area (Å²) < 4.78 is 53.5. The number of benzene rings is 3. The maximum absolute atomic E-state index is 13.9. The number of anilines is 1. The Morgan fingerprint density at radius 1 is 1.02 bits per heavy atom. The molecule has 0 spiro atoms. The fourth-order valence-corrected chi connectivity index (χ4v) is 8.94. The van der Waals surface area contributed by atoms with E-state index in [1.54, 1.807) is 30.7 Å². The minimum absolute atomic E-state index is 0.0218. The maximum Gasteiger partial charge on any atom is 0.243 e. The standard InChI is InChI=1S/C37H50N2O6S2/c1-6-46-28(3)24-36(30-12-17-35-34(25-30)38(21-23-44-35)19-7-22-42-4)45-37-26-39(47(40,41)32-15-8-27(2)9-16-32)20-18-33(37)29-10-13-31(43-5)14-11-29/h8-17,25,28,33,36-37H,6-7,18-24,26H2,1-5H3/t28-,33-,36?,37+/m1/s1. The Kier molecular flexibility index (Phi) is 12.5. The molecule has 3 aromatic rings. The number of nitrogens with zero attached hydrogens (tertiary/aromatic N) is 2. The molecule has 0 radical (unpaired) electrons. The minimum atomic E-state index is -3.69. The van der Waals surface area contributed by atoms with Crippen LogP contribution in [0.15, 0.2) is 71.6 Å². The van der Waals surface area contributed by atoms with Crippen molar-refractivity contribution in [3.63, 3.8) is 0 Å². The first-order valence-electron chi connectivity index (χ1n) is 16.7. The van der Waals surface area contributed by atoms with Gasteiger partial charge in [0.15, 0.2) is 0 Å². The summed E-state index contributed by atoms with van der Waals surface area (Å²) in [5.41, 5.74) is 4.31. The summed E-state index contributed by atoms with van der Waals surface area (Å²) in [5, 5.41) is 0.352. The molecular weight excluding hydrogens is 633 g/mol. The summed E-state index contributed by atoms with van der Waals surface area (Å²) in [6, 6.07) is 21.6. The largest absolute Gasteiger partial charge is 0.497 e. The lowest BCUT2D eigenvalue weighted by atomic mass is 9.87. The molecule has 10 heteroatoms. The van der Waals surface area contributed by atoms with Gasteiger partial charge < -0.3 is 23.8 Å². The maximum atomic E-state index is 13.9. The molecule has 8 nitrogen and oxygen atoms in total. The number of rotatable bonds is 15. The van der Waals surface area contributed by atoms with E-state index in [2.05, 4.69) is 49.1 Å². The SMILES string of the molecule is CCS[C@H](C)CC(O[C@H]1CN(S(=O)(=O)c2ccc(C)cc2)CC[C@@H]1c1ccc(OC)cc1)c1ccc2c(c1)N(CCCOC)CCO2. The highest BCUT2D eigenvalue weighted by Gasteiger charge is 2.39. The second-order valence-corrected chi connectivity index (χ2v) is 16.1. The van der Waals surface area contributed by atoms with Crippen LogP contribution in [0.3, 0.4) is 0 Å². The Bertz CT molecular complexity index is 1530. The normalized spacial score (nSPS) is 19.9. The van der Waals surface area contributed by atoms with Crippen LogP contribution in [0.5, 0.6) is 11.5 Å². The van der Waals surface area contributed by atoms with Gasteiger partial charge in [-0.15, -0.1) is 0 Å². The van der Waals surface area contributed by atoms with Crippen molar-refractivity contribution < 1.29 is 27.4 Å². The van der Waals surface area contributed by atoms with Crippen LogP contribution in [0.2, 0.25) is 0 Å². The quantitative estimate of drug-likeness (QED) is 0.158. The highest BCUT2D eigenvalue weighted by Crippen LogP contribution is 2.41. The van der Waals surface area contributed by atoms with Gasteiger partial charge in [-0.25, -0.2) is 8.42 Å². The first-order chi connectivity index (χ1) is 22.7. The monoisotopic (exact) mass is 682 g/mol. The zero-order valence-electron chi connectivity index (χ0n) is 28.4. The van der Waals surface area contributed by atoms with Crippen LogP contribution in [-0.4, -0.2) is 83.4 Å². The van der Waals surface area contributed by atoms with Gasteiger partial charge in [0.25, 0.3) is 0 Å². The molecule has 5 rings (SSSR count). The van der Waals surface area contributed by atoms with Gasteiger partial charge in [-0.3, -0.25) is 0 Å². The highest BCUT2D eigenvalue weighted by atomic mass is 32.2. The van der Waals surface area contributed by atoms with Crippen molar-refractivity contribution in [2.45, 2.75) is 68.3 Å². The van der Waals surface area contributed by atoms with Crippen molar-refractivity contribution in [3.8, 4) is 11.5 Å². The van der Waals surface area contributed by atoms with Crippen LogP contribution >= 0.6 is 11.8 Å². The van der Waals surface area contributed by atoms with Crippen LogP contribution in [0.25, 0.3) is 0 Å². The molecule has 3 aromatic carbocycles. The van der Waals surface area contributed by atoms with Crippen LogP contribution in [0.1, 0.15) is 61.8 Å². The summed E-state index contributed by atoms with van der Waals surface area (Å²) in [6.07, 6.45) is 1.80. The molecule has 2 aliphatic rings. The number of aryl methyl sites for hydroxylation is 1. The number of hydrogen-bond donors (Lipinski definition) is 0. The summed E-state index contributed by atoms with van der Waals surface area (Å²) in [6.45, 7) is 10.2. The van der Waals surface area contributed by atoms with Crippen molar-refractivity contribution in [3.05, 3.63) is 83.4 Å². The van der Waals surface area contributed by atoms with E-state index in [-0.39, 0.29) is 24.7 Å². The van der Waals surface area contributed by atoms with Crippen LogP contribution in [-0.2, 0) is 19.5 Å². The molecule has 1 unspecified atom stereocenters. The number of thioether (sulfide) groups is 1. The molecule has 4 atom stereocenters. The van der Waals surface area contributed by atoms with Gasteiger partial charge in [-0.1, -0.05) is 49.7 Å². The summed E-state index contributed by atoms with van der Waals surface area (Å²) in [4.78, 5) is 2.69. The summed E-state index contributed by atoms with van der Waals surface area (Å²) in [7, 11) is -0.294. The van der Waals surface area contributed by atoms with Gasteiger partial charge in [0, 0.05) is 44.5 Å². The Labute approximate surface area is 285 Å². The number of ether oxygens (including phenoxy) is 4. The van der Waals surface area contributed by atoms with Crippen molar-refractivity contribution >= 4 is 27.5 Å². The molecule has 0 amide bonds. The van der Waals surface area contributed by atoms with Gasteiger partial charge in [0.05, 0.1) is 36.4 Å². The molecule has 47 heavy (non-hydrogen) atoms. The summed E-state index contributed by atoms with van der Waals surface area (Å²) >= 11 is 1.91. The van der Waals surface area contributed by atoms with E-state index in [0.29, 0.717) is 36.3 Å². The van der Waals surface area contributed by atoms with Crippen LogP contribution < -0.4 is 14.4 Å². The fourth-order valence-electron chi connectivity index (χ4n) is 6.59. The van der Waals surface area contributed by atoms with Crippen molar-refractivity contribution in [1.29, 1.82) is 0 Å². The number of hydrogen-bond acceptors (Lipinski definition) is 8. The molecule has 0 saturated carbocycles. The Morgan fingerprint density at radius 2 is 1.79 bits per heavy atom. The van der Waals surface area contributed by atoms with E-state index >= 15 is 0 Å². The lowest BCUT2D eigenvalue weighted by Crippen LogP contribution is -2.47. The fraction of sp³-hybridized carbons (Fsp3) is 0.514. The number of fused-ring (bicyclic) bond motifs is 1. The van der Waals surface area contributed by atoms with Crippen molar-refractivity contribution in [2.75, 3.05) is 64.3 Å². The van der Waals surface area contributed by atoms with Gasteiger partial charge in [-0.05, 0) is 79.5 Å². The second kappa shape index (κ2) is 16.6. The molecule has 0 bridgehead atoms. The molecule has 1 fully saturated rings. The predicted molar refractivity (Wildman–Crippen MR) is 191 cm³/mol. The molecule has 1 saturated heterocycles. The zero-order valence-corrected chi connectivity index (χ0v) is 30.0. The first kappa shape index (κ1) is 35.5. The molecule has 2 aliphatic heterocycles. The first-order valence-corrected chi connectivity index (χ1v) is 19.2. The van der Waals surface area contributed by atoms with E-state index in [9.17, 15) is 8.42 Å². The van der Waals surface area contributed by atoms with E-state index in [4.69, 9.17) is 18.9 Å². The van der Waals surface area contributed by atoms with Gasteiger partial charge >= 0.3 is 0 Å². The Morgan fingerprint density at radius 3 is 2.49 bits per heavy atom. The number of piperidine rings is 1. The molecule has 0 aromatic heterocycles. The Hall–Kier alpha value is -2.76. The van der Waals surface area contributed by atoms with Crippen LogP contribution in [0, 0.1) is 6.92 Å². The third-order valence-corrected chi connectivity index (χ3v) is 12.1. The topological polar surface area (TPSA) is 77.5 Å². The molecule has 256 valence electrons. The molecule has 0 aliphatic carbocycles. The van der Waals surface area contributed by atoms with Gasteiger partial charge in [0.1, 0.15) is 18.1 Å². The van der Waals surface area contributed by atoms with E-state index in [1.807, 2.05) is 43.0 Å². The van der Waals surface area contributed by atoms with Crippen molar-refractivity contribution in [1.82, 2.24) is 4.31 Å². The average molecular weight is 683 g/mol. The highest BCUT2D eigenvalue weighted by molar-refractivity contribution is 7.99. The smallest absolute Gasteiger partial charge is 0.243 e. The third-order valence-electron chi connectivity index (χ3n) is 9.15. The molecular formula is C37H50N2O6S2. The molecule has 0 N–H and O–H groups in total. The lowest BCUT2D eigenvalue weighted by Gasteiger charge is -2.40. The van der Waals surface area contributed by atoms with Crippen molar-refractivity contribution in [2.24, 2.45) is 0 Å². The predicted octanol–water partition coefficient (Wildman–Crippen LogP) is 7.08. The minimum Gasteiger partial charge on any atom is -0.497 e. The lowest BCUT2D eigenvalue weighted by molar-refractivity contribution is -0.0518. The van der Waals surface area contributed by atoms with E-state index in [0.717, 1.165) is 65.6 Å². The second-order valence-electron chi connectivity index (χ2n) is 12.4. The van der Waals surface area contributed by atoms with E-state index < -0.39 is 10.0 Å². The van der Waals surface area contributed by atoms with Gasteiger partial charge in [0.2, 0.25) is 10.0 Å². The number of methoxy groups -OCH3 is 2. The zero-order chi connectivity index (χ0) is 33.4. The number of sulfonamides is 1. The average Bonchev–Trinajstić information content (AvgIpc) is 3.08. The van der Waals surface area contributed by atoms with Gasteiger partial charge in [-0.2, -0.15) is 16.1 Å². The molecule has 2 heterocycles. The third kappa shape index (κ3) is 8.83. The summed E-state index contributed by atoms with van der Waals surface area (Å²) in [5.74, 6) is 2.71. The Balaban J connectivity index is 1.49. The van der Waals surface area contributed by atoms with E-state index in [1.165, 1.54) is 0 Å².